The SMILES string of the molecule is CCn1c(CCNCCc2nc(C(=O)NCc3ncccc3F)co2)nc2cc3c(cc21)OCCO3. The highest BCUT2D eigenvalue weighted by molar-refractivity contribution is 5.91. The molecule has 11 heteroatoms. The Bertz CT molecular complexity index is 1370. The molecule has 4 heterocycles. The lowest BCUT2D eigenvalue weighted by Gasteiger charge is -2.18. The van der Waals surface area contributed by atoms with Gasteiger partial charge in [0, 0.05) is 50.8 Å². The lowest BCUT2D eigenvalue weighted by Crippen LogP contribution is -2.24. The van der Waals surface area contributed by atoms with Crippen LogP contribution in [0.2, 0.25) is 0 Å². The fraction of sp³-hybridized carbons (Fsp3) is 0.360. The number of halogens is 1. The van der Waals surface area contributed by atoms with Gasteiger partial charge in [-0.15, -0.1) is 0 Å². The third kappa shape index (κ3) is 5.15. The zero-order valence-electron chi connectivity index (χ0n) is 19.9. The van der Waals surface area contributed by atoms with Gasteiger partial charge < -0.3 is 29.1 Å². The highest BCUT2D eigenvalue weighted by Gasteiger charge is 2.18. The van der Waals surface area contributed by atoms with E-state index in [1.807, 2.05) is 12.1 Å². The van der Waals surface area contributed by atoms with Crippen LogP contribution >= 0.6 is 0 Å². The lowest BCUT2D eigenvalue weighted by molar-refractivity contribution is 0.0945. The van der Waals surface area contributed by atoms with Crippen molar-refractivity contribution in [3.8, 4) is 11.5 Å². The Morgan fingerprint density at radius 2 is 1.94 bits per heavy atom. The molecule has 0 spiro atoms. The molecule has 3 aromatic heterocycles. The van der Waals surface area contributed by atoms with Crippen molar-refractivity contribution in [1.82, 2.24) is 30.2 Å². The molecule has 188 valence electrons. The summed E-state index contributed by atoms with van der Waals surface area (Å²) in [6, 6.07) is 6.73. The highest BCUT2D eigenvalue weighted by atomic mass is 19.1. The topological polar surface area (TPSA) is 116 Å². The quantitative estimate of drug-likeness (QED) is 0.323. The van der Waals surface area contributed by atoms with E-state index in [4.69, 9.17) is 18.9 Å². The number of imidazole rings is 1. The van der Waals surface area contributed by atoms with Crippen molar-refractivity contribution < 1.29 is 23.1 Å². The van der Waals surface area contributed by atoms with Gasteiger partial charge in [0.25, 0.3) is 5.91 Å². The minimum atomic E-state index is -0.471. The first-order chi connectivity index (χ1) is 17.6. The monoisotopic (exact) mass is 494 g/mol. The van der Waals surface area contributed by atoms with E-state index in [0.29, 0.717) is 32.1 Å². The van der Waals surface area contributed by atoms with Gasteiger partial charge in [0.05, 0.1) is 23.3 Å². The van der Waals surface area contributed by atoms with Gasteiger partial charge in [0.1, 0.15) is 31.1 Å². The number of carbonyl (C=O) groups excluding carboxylic acids is 1. The molecule has 0 saturated carbocycles. The number of pyridine rings is 1. The average molecular weight is 495 g/mol. The van der Waals surface area contributed by atoms with Crippen LogP contribution in [0, 0.1) is 5.82 Å². The van der Waals surface area contributed by atoms with Crippen molar-refractivity contribution >= 4 is 16.9 Å². The maximum atomic E-state index is 13.6. The molecule has 1 amide bonds. The standard InChI is InChI=1S/C25H27FN6O4/c1-2-32-20-13-22-21(34-10-11-35-22)12-17(20)30-23(32)5-8-27-9-6-24-31-19(15-36-24)25(33)29-14-18-16(26)4-3-7-28-18/h3-4,7,12-13,15,27H,2,5-6,8-11,14H2,1H3,(H,29,33). The van der Waals surface area contributed by atoms with Crippen molar-refractivity contribution in [3.05, 3.63) is 65.6 Å². The van der Waals surface area contributed by atoms with E-state index in [1.54, 1.807) is 0 Å². The van der Waals surface area contributed by atoms with Gasteiger partial charge >= 0.3 is 0 Å². The molecule has 0 aliphatic carbocycles. The second-order valence-electron chi connectivity index (χ2n) is 8.25. The zero-order valence-corrected chi connectivity index (χ0v) is 19.9. The molecular weight excluding hydrogens is 467 g/mol. The van der Waals surface area contributed by atoms with Crippen molar-refractivity contribution in [2.45, 2.75) is 32.9 Å². The molecule has 0 bridgehead atoms. The molecule has 0 unspecified atom stereocenters. The van der Waals surface area contributed by atoms with Crippen LogP contribution in [-0.2, 0) is 25.9 Å². The number of rotatable bonds is 10. The number of nitrogens with one attached hydrogen (secondary N) is 2. The number of hydrogen-bond donors (Lipinski definition) is 2. The highest BCUT2D eigenvalue weighted by Crippen LogP contribution is 2.34. The van der Waals surface area contributed by atoms with Crippen LogP contribution in [0.15, 0.2) is 41.1 Å². The summed E-state index contributed by atoms with van der Waals surface area (Å²) in [5.41, 5.74) is 2.24. The van der Waals surface area contributed by atoms with E-state index in [2.05, 4.69) is 32.1 Å². The third-order valence-corrected chi connectivity index (χ3v) is 5.88. The normalized spacial score (nSPS) is 12.7. The predicted octanol–water partition coefficient (Wildman–Crippen LogP) is 2.65. The third-order valence-electron chi connectivity index (χ3n) is 5.88. The second-order valence-corrected chi connectivity index (χ2v) is 8.25. The van der Waals surface area contributed by atoms with Crippen molar-refractivity contribution in [3.63, 3.8) is 0 Å². The second kappa shape index (κ2) is 10.7. The van der Waals surface area contributed by atoms with Crippen LogP contribution in [0.25, 0.3) is 11.0 Å². The first-order valence-corrected chi connectivity index (χ1v) is 11.9. The smallest absolute Gasteiger partial charge is 0.273 e. The van der Waals surface area contributed by atoms with Crippen LogP contribution in [0.5, 0.6) is 11.5 Å². The van der Waals surface area contributed by atoms with E-state index in [0.717, 1.165) is 47.9 Å². The Hall–Kier alpha value is -3.99. The van der Waals surface area contributed by atoms with Gasteiger partial charge in [-0.1, -0.05) is 0 Å². The molecule has 1 aliphatic heterocycles. The Morgan fingerprint density at radius 3 is 2.75 bits per heavy atom. The molecular formula is C25H27FN6O4. The van der Waals surface area contributed by atoms with Gasteiger partial charge in [-0.25, -0.2) is 14.4 Å². The molecule has 0 radical (unpaired) electrons. The Kier molecular flexibility index (Phi) is 7.08. The molecule has 2 N–H and O–H groups in total. The molecule has 4 aromatic rings. The first kappa shape index (κ1) is 23.7. The van der Waals surface area contributed by atoms with Gasteiger partial charge in [0.2, 0.25) is 0 Å². The number of fused-ring (bicyclic) bond motifs is 2. The van der Waals surface area contributed by atoms with Crippen LogP contribution in [-0.4, -0.2) is 51.7 Å². The molecule has 0 atom stereocenters. The predicted molar refractivity (Wildman–Crippen MR) is 129 cm³/mol. The fourth-order valence-corrected chi connectivity index (χ4v) is 4.11. The van der Waals surface area contributed by atoms with E-state index in [-0.39, 0.29) is 17.9 Å². The summed E-state index contributed by atoms with van der Waals surface area (Å²) in [5, 5.41) is 5.97. The summed E-state index contributed by atoms with van der Waals surface area (Å²) in [5.74, 6) is 2.02. The number of carbonyl (C=O) groups is 1. The Labute approximate surface area is 206 Å². The van der Waals surface area contributed by atoms with Crippen molar-refractivity contribution in [2.75, 3.05) is 26.3 Å². The van der Waals surface area contributed by atoms with Gasteiger partial charge in [-0.3, -0.25) is 9.78 Å². The summed E-state index contributed by atoms with van der Waals surface area (Å²) >= 11 is 0. The Morgan fingerprint density at radius 1 is 1.14 bits per heavy atom. The van der Waals surface area contributed by atoms with Crippen LogP contribution in [0.1, 0.15) is 34.8 Å². The first-order valence-electron chi connectivity index (χ1n) is 11.9. The molecule has 36 heavy (non-hydrogen) atoms. The largest absolute Gasteiger partial charge is 0.486 e. The molecule has 0 saturated heterocycles. The van der Waals surface area contributed by atoms with Gasteiger partial charge in [-0.05, 0) is 19.1 Å². The van der Waals surface area contributed by atoms with E-state index in [1.165, 1.54) is 24.6 Å². The lowest BCUT2D eigenvalue weighted by atomic mass is 10.2. The summed E-state index contributed by atoms with van der Waals surface area (Å²) < 4.78 is 32.6. The number of oxazole rings is 1. The summed E-state index contributed by atoms with van der Waals surface area (Å²) in [7, 11) is 0. The van der Waals surface area contributed by atoms with E-state index < -0.39 is 11.7 Å². The number of nitrogens with zero attached hydrogens (tertiary/aromatic N) is 4. The van der Waals surface area contributed by atoms with Gasteiger partial charge in [-0.2, -0.15) is 0 Å². The summed E-state index contributed by atoms with van der Waals surface area (Å²) in [4.78, 5) is 25.2. The minimum Gasteiger partial charge on any atom is -0.486 e. The minimum absolute atomic E-state index is 0.0273. The van der Waals surface area contributed by atoms with Crippen molar-refractivity contribution in [1.29, 1.82) is 0 Å². The molecule has 1 aliphatic rings. The molecule has 10 nitrogen and oxygen atoms in total. The maximum absolute atomic E-state index is 13.6. The number of amides is 1. The number of benzene rings is 1. The molecule has 0 fully saturated rings. The summed E-state index contributed by atoms with van der Waals surface area (Å²) in [6.45, 7) is 5.32. The number of ether oxygens (including phenoxy) is 2. The fourth-order valence-electron chi connectivity index (χ4n) is 4.11. The van der Waals surface area contributed by atoms with Gasteiger partial charge in [0.15, 0.2) is 23.1 Å². The average Bonchev–Trinajstić information content (AvgIpc) is 3.50. The molecule has 5 rings (SSSR count). The van der Waals surface area contributed by atoms with Crippen LogP contribution in [0.3, 0.4) is 0 Å². The number of aromatic nitrogens is 4. The maximum Gasteiger partial charge on any atom is 0.273 e. The Balaban J connectivity index is 1.10. The van der Waals surface area contributed by atoms with E-state index >= 15 is 0 Å². The van der Waals surface area contributed by atoms with Crippen LogP contribution < -0.4 is 20.1 Å². The molecule has 1 aromatic carbocycles. The van der Waals surface area contributed by atoms with Crippen molar-refractivity contribution in [2.24, 2.45) is 0 Å². The van der Waals surface area contributed by atoms with E-state index in [9.17, 15) is 9.18 Å². The zero-order chi connectivity index (χ0) is 24.9. The number of aryl methyl sites for hydroxylation is 1. The number of hydrogen-bond acceptors (Lipinski definition) is 8. The summed E-state index contributed by atoms with van der Waals surface area (Å²) in [6.07, 6.45) is 4.04. The van der Waals surface area contributed by atoms with Crippen LogP contribution in [0.4, 0.5) is 4.39 Å².